The van der Waals surface area contributed by atoms with E-state index in [-0.39, 0.29) is 12.1 Å². The van der Waals surface area contributed by atoms with Crippen LogP contribution in [0.5, 0.6) is 0 Å². The highest BCUT2D eigenvalue weighted by Crippen LogP contribution is 2.14. The Bertz CT molecular complexity index is 811. The van der Waals surface area contributed by atoms with Crippen molar-refractivity contribution in [3.05, 3.63) is 68.6 Å². The first-order valence-electron chi connectivity index (χ1n) is 11.6. The van der Waals surface area contributed by atoms with Crippen molar-refractivity contribution in [3.63, 3.8) is 0 Å². The number of carbonyl (C=O) groups excluding carboxylic acids is 3. The van der Waals surface area contributed by atoms with Crippen LogP contribution in [-0.4, -0.2) is 38.2 Å². The Labute approximate surface area is 244 Å². The van der Waals surface area contributed by atoms with E-state index in [9.17, 15) is 4.79 Å². The van der Waals surface area contributed by atoms with E-state index in [1.807, 2.05) is 64.1 Å². The van der Waals surface area contributed by atoms with Crippen LogP contribution < -0.4 is 0 Å². The van der Waals surface area contributed by atoms with Gasteiger partial charge >= 0.3 is 12.1 Å². The van der Waals surface area contributed by atoms with Gasteiger partial charge in [0, 0.05) is 27.1 Å². The number of halogens is 3. The van der Waals surface area contributed by atoms with E-state index < -0.39 is 6.29 Å². The van der Waals surface area contributed by atoms with Crippen molar-refractivity contribution >= 4 is 59.9 Å². The lowest BCUT2D eigenvalue weighted by molar-refractivity contribution is -0.459. The molecule has 0 spiro atoms. The summed E-state index contributed by atoms with van der Waals surface area (Å²) in [7, 11) is 0. The Morgan fingerprint density at radius 1 is 0.784 bits per heavy atom. The predicted octanol–water partition coefficient (Wildman–Crippen LogP) is 7.36. The van der Waals surface area contributed by atoms with Gasteiger partial charge in [0.25, 0.3) is 0 Å². The Kier molecular flexibility index (Phi) is 28.1. The van der Waals surface area contributed by atoms with Crippen LogP contribution in [0.25, 0.3) is 0 Å². The number of esters is 1. The van der Waals surface area contributed by atoms with Crippen molar-refractivity contribution in [2.45, 2.75) is 58.6 Å². The molecular weight excluding hydrogens is 680 g/mol. The quantitative estimate of drug-likeness (QED) is 0.0740. The lowest BCUT2D eigenvalue weighted by Gasteiger charge is -2.15. The monoisotopic (exact) mass is 712 g/mol. The van der Waals surface area contributed by atoms with E-state index in [0.29, 0.717) is 32.7 Å². The van der Waals surface area contributed by atoms with E-state index in [0.717, 1.165) is 26.3 Å². The van der Waals surface area contributed by atoms with E-state index >= 15 is 0 Å². The summed E-state index contributed by atoms with van der Waals surface area (Å²) in [6.45, 7) is 8.89. The molecule has 0 unspecified atom stereocenters. The van der Waals surface area contributed by atoms with Gasteiger partial charge < -0.3 is 4.74 Å². The molecule has 2 rings (SSSR count). The van der Waals surface area contributed by atoms with Gasteiger partial charge in [0.2, 0.25) is 6.29 Å². The molecule has 208 valence electrons. The highest BCUT2D eigenvalue weighted by Gasteiger charge is 2.13. The smallest absolute Gasteiger partial charge is 0.373 e. The van der Waals surface area contributed by atoms with Crippen molar-refractivity contribution < 1.29 is 38.7 Å². The number of rotatable bonds is 12. The summed E-state index contributed by atoms with van der Waals surface area (Å²) in [4.78, 5) is 46.6. The maximum absolute atomic E-state index is 10.4. The van der Waals surface area contributed by atoms with E-state index in [1.54, 1.807) is 0 Å². The van der Waals surface area contributed by atoms with Gasteiger partial charge in [-0.1, -0.05) is 79.0 Å². The maximum atomic E-state index is 10.4. The molecule has 0 bridgehead atoms. The van der Waals surface area contributed by atoms with Crippen molar-refractivity contribution in [2.75, 3.05) is 19.8 Å². The number of alkyl halides is 1. The Hall–Kier alpha value is -1.43. The van der Waals surface area contributed by atoms with Crippen molar-refractivity contribution in [1.29, 1.82) is 0 Å². The molecule has 0 saturated carbocycles. The summed E-state index contributed by atoms with van der Waals surface area (Å²) in [5.41, 5.74) is 2.39. The highest BCUT2D eigenvalue weighted by molar-refractivity contribution is 9.10. The lowest BCUT2D eigenvalue weighted by atomic mass is 10.1. The van der Waals surface area contributed by atoms with Crippen LogP contribution in [0.15, 0.2) is 57.5 Å². The Morgan fingerprint density at radius 3 is 1.57 bits per heavy atom. The van der Waals surface area contributed by atoms with Gasteiger partial charge in [-0.3, -0.25) is 4.79 Å². The van der Waals surface area contributed by atoms with Gasteiger partial charge in [0.15, 0.2) is 0 Å². The third-order valence-corrected chi connectivity index (χ3v) is 5.43. The molecule has 0 atom stereocenters. The summed E-state index contributed by atoms with van der Waals surface area (Å²) in [5, 5.41) is 0.931. The zero-order chi connectivity index (χ0) is 28.3. The van der Waals surface area contributed by atoms with Crippen LogP contribution in [0.2, 0.25) is 0 Å². The normalized spacial score (nSPS) is 9.51. The molecule has 0 radical (unpaired) electrons. The average molecular weight is 715 g/mol. The molecule has 0 fully saturated rings. The predicted molar refractivity (Wildman–Crippen MR) is 150 cm³/mol. The van der Waals surface area contributed by atoms with Crippen LogP contribution in [-0.2, 0) is 50.4 Å². The molecule has 8 nitrogen and oxygen atoms in total. The second-order valence-electron chi connectivity index (χ2n) is 6.66. The Balaban J connectivity index is 0. The number of hydrogen-bond acceptors (Lipinski definition) is 8. The van der Waals surface area contributed by atoms with Gasteiger partial charge in [-0.25, -0.2) is 19.6 Å². The minimum Gasteiger partial charge on any atom is -0.466 e. The van der Waals surface area contributed by atoms with Crippen LogP contribution in [0.1, 0.15) is 51.7 Å². The molecule has 2 aromatic rings. The molecular formula is C26H35Br3O8. The number of benzene rings is 2. The van der Waals surface area contributed by atoms with Crippen LogP contribution in [0.4, 0.5) is 0 Å². The third kappa shape index (κ3) is 24.7. The van der Waals surface area contributed by atoms with Crippen LogP contribution in [0, 0.1) is 0 Å². The van der Waals surface area contributed by atoms with E-state index in [4.69, 9.17) is 29.1 Å². The highest BCUT2D eigenvalue weighted by atomic mass is 79.9. The minimum absolute atomic E-state index is 0.0880. The first-order chi connectivity index (χ1) is 17.8. The van der Waals surface area contributed by atoms with Gasteiger partial charge in [0.05, 0.1) is 19.8 Å². The van der Waals surface area contributed by atoms with E-state index in [1.165, 1.54) is 5.56 Å². The molecule has 0 aliphatic carbocycles. The fraction of sp³-hybridized carbons (Fsp3) is 0.462. The molecule has 0 amide bonds. The van der Waals surface area contributed by atoms with Crippen molar-refractivity contribution in [1.82, 2.24) is 0 Å². The molecule has 0 saturated heterocycles. The van der Waals surface area contributed by atoms with E-state index in [2.05, 4.69) is 64.7 Å². The fourth-order valence-corrected chi connectivity index (χ4v) is 3.10. The number of carbonyl (C=O) groups is 1. The summed E-state index contributed by atoms with van der Waals surface area (Å²) >= 11 is 10.1. The fourth-order valence-electron chi connectivity index (χ4n) is 2.20. The SMILES string of the molecule is BrCc1ccc(Br)cc1.CCCC(=O)OCC.CCOOC(Cc1ccc(Br)cc1)OOCC.O=C=O. The van der Waals surface area contributed by atoms with Gasteiger partial charge in [0.1, 0.15) is 0 Å². The second-order valence-corrected chi connectivity index (χ2v) is 9.06. The molecule has 11 heteroatoms. The molecule has 2 aromatic carbocycles. The summed E-state index contributed by atoms with van der Waals surface area (Å²) in [6.07, 6.45) is 1.68. The molecule has 0 aromatic heterocycles. The largest absolute Gasteiger partial charge is 0.466 e. The van der Waals surface area contributed by atoms with Crippen LogP contribution >= 0.6 is 47.8 Å². The molecule has 37 heavy (non-hydrogen) atoms. The number of hydrogen-bond donors (Lipinski definition) is 0. The Morgan fingerprint density at radius 2 is 1.22 bits per heavy atom. The second kappa shape index (κ2) is 27.6. The van der Waals surface area contributed by atoms with Crippen LogP contribution in [0.3, 0.4) is 0 Å². The maximum Gasteiger partial charge on any atom is 0.373 e. The van der Waals surface area contributed by atoms with Crippen molar-refractivity contribution in [3.8, 4) is 0 Å². The van der Waals surface area contributed by atoms with Gasteiger partial charge in [-0.05, 0) is 62.6 Å². The standard InChI is InChI=1S/C12H17BrO4.C7H6Br2.C6H12O2.CO2/c1-3-14-16-12(17-15-4-2)9-10-5-7-11(13)8-6-10;8-5-6-1-3-7(9)4-2-6;1-3-5-6(7)8-4-2;2-1-3/h5-8,12H,3-4,9H2,1-2H3;1-4H,5H2;3-5H2,1-2H3;. The summed E-state index contributed by atoms with van der Waals surface area (Å²) < 4.78 is 6.81. The minimum atomic E-state index is -0.559. The topological polar surface area (TPSA) is 97.4 Å². The average Bonchev–Trinajstić information content (AvgIpc) is 2.89. The summed E-state index contributed by atoms with van der Waals surface area (Å²) in [5.74, 6) is -0.0880. The van der Waals surface area contributed by atoms with Gasteiger partial charge in [-0.15, -0.1) is 0 Å². The number of ether oxygens (including phenoxy) is 1. The lowest BCUT2D eigenvalue weighted by Crippen LogP contribution is -2.21. The molecule has 0 aliphatic rings. The summed E-state index contributed by atoms with van der Waals surface area (Å²) in [6, 6.07) is 16.1. The van der Waals surface area contributed by atoms with Crippen molar-refractivity contribution in [2.24, 2.45) is 0 Å². The molecule has 0 aliphatic heterocycles. The zero-order valence-electron chi connectivity index (χ0n) is 21.5. The molecule has 0 N–H and O–H groups in total. The van der Waals surface area contributed by atoms with Gasteiger partial charge in [-0.2, -0.15) is 9.59 Å². The third-order valence-electron chi connectivity index (χ3n) is 3.73. The first kappa shape index (κ1) is 37.7. The zero-order valence-corrected chi connectivity index (χ0v) is 26.3. The first-order valence-corrected chi connectivity index (χ1v) is 14.3. The molecule has 0 heterocycles.